The largest absolute Gasteiger partial charge is 0.487 e. The standard InChI is InChI=1S/C15H19BrN2O/c1-3-14(4-2)18-9-8-13(17-18)11-19-15-7-5-6-12(16)10-15/h5-10,14H,3-4,11H2,1-2H3. The van der Waals surface area contributed by atoms with Gasteiger partial charge in [-0.15, -0.1) is 0 Å². The highest BCUT2D eigenvalue weighted by Gasteiger charge is 2.08. The molecule has 0 aliphatic rings. The van der Waals surface area contributed by atoms with Gasteiger partial charge >= 0.3 is 0 Å². The molecule has 0 saturated heterocycles. The highest BCUT2D eigenvalue weighted by atomic mass is 79.9. The second-order valence-electron chi connectivity index (χ2n) is 4.50. The van der Waals surface area contributed by atoms with Crippen LogP contribution in [0.2, 0.25) is 0 Å². The Morgan fingerprint density at radius 2 is 2.05 bits per heavy atom. The zero-order chi connectivity index (χ0) is 13.7. The van der Waals surface area contributed by atoms with E-state index in [1.807, 2.05) is 41.2 Å². The van der Waals surface area contributed by atoms with Gasteiger partial charge in [0.15, 0.2) is 0 Å². The first-order chi connectivity index (χ1) is 9.22. The number of benzene rings is 1. The minimum atomic E-state index is 0.486. The van der Waals surface area contributed by atoms with Crippen LogP contribution in [0.4, 0.5) is 0 Å². The Balaban J connectivity index is 1.97. The molecule has 102 valence electrons. The lowest BCUT2D eigenvalue weighted by Crippen LogP contribution is -2.08. The molecule has 0 aliphatic heterocycles. The number of hydrogen-bond acceptors (Lipinski definition) is 2. The minimum Gasteiger partial charge on any atom is -0.487 e. The van der Waals surface area contributed by atoms with Crippen LogP contribution in [0.25, 0.3) is 0 Å². The second kappa shape index (κ2) is 6.75. The van der Waals surface area contributed by atoms with E-state index in [2.05, 4.69) is 34.9 Å². The average molecular weight is 323 g/mol. The Kier molecular flexibility index (Phi) is 5.02. The minimum absolute atomic E-state index is 0.486. The van der Waals surface area contributed by atoms with Crippen LogP contribution in [-0.4, -0.2) is 9.78 Å². The van der Waals surface area contributed by atoms with Crippen molar-refractivity contribution >= 4 is 15.9 Å². The lowest BCUT2D eigenvalue weighted by Gasteiger charge is -2.12. The van der Waals surface area contributed by atoms with Crippen molar-refractivity contribution in [3.8, 4) is 5.75 Å². The molecule has 3 nitrogen and oxygen atoms in total. The first-order valence-electron chi connectivity index (χ1n) is 6.65. The van der Waals surface area contributed by atoms with Crippen LogP contribution in [0.15, 0.2) is 41.0 Å². The molecule has 0 N–H and O–H groups in total. The normalized spacial score (nSPS) is 10.9. The molecular weight excluding hydrogens is 304 g/mol. The van der Waals surface area contributed by atoms with E-state index in [0.29, 0.717) is 12.6 Å². The lowest BCUT2D eigenvalue weighted by molar-refractivity contribution is 0.297. The molecule has 1 aromatic carbocycles. The zero-order valence-corrected chi connectivity index (χ0v) is 12.9. The predicted octanol–water partition coefficient (Wildman–Crippen LogP) is 4.59. The van der Waals surface area contributed by atoms with Gasteiger partial charge in [0, 0.05) is 10.7 Å². The van der Waals surface area contributed by atoms with Gasteiger partial charge < -0.3 is 4.74 Å². The summed E-state index contributed by atoms with van der Waals surface area (Å²) >= 11 is 3.43. The van der Waals surface area contributed by atoms with Crippen LogP contribution in [-0.2, 0) is 6.61 Å². The third-order valence-corrected chi connectivity index (χ3v) is 3.66. The molecule has 0 spiro atoms. The molecular formula is C15H19BrN2O. The van der Waals surface area contributed by atoms with Gasteiger partial charge in [0.05, 0.1) is 11.7 Å². The Labute approximate surface area is 122 Å². The molecule has 1 heterocycles. The Bertz CT molecular complexity index is 520. The smallest absolute Gasteiger partial charge is 0.132 e. The van der Waals surface area contributed by atoms with Gasteiger partial charge in [0.2, 0.25) is 0 Å². The fraction of sp³-hybridized carbons (Fsp3) is 0.400. The summed E-state index contributed by atoms with van der Waals surface area (Å²) < 4.78 is 8.79. The fourth-order valence-corrected chi connectivity index (χ4v) is 2.41. The lowest BCUT2D eigenvalue weighted by atomic mass is 10.2. The van der Waals surface area contributed by atoms with Gasteiger partial charge in [-0.05, 0) is 37.1 Å². The summed E-state index contributed by atoms with van der Waals surface area (Å²) in [5, 5.41) is 4.57. The van der Waals surface area contributed by atoms with E-state index < -0.39 is 0 Å². The van der Waals surface area contributed by atoms with Gasteiger partial charge in [-0.2, -0.15) is 5.10 Å². The van der Waals surface area contributed by atoms with E-state index in [1.165, 1.54) is 0 Å². The molecule has 19 heavy (non-hydrogen) atoms. The van der Waals surface area contributed by atoms with Crippen molar-refractivity contribution in [3.63, 3.8) is 0 Å². The molecule has 0 atom stereocenters. The number of aromatic nitrogens is 2. The maximum absolute atomic E-state index is 5.73. The summed E-state index contributed by atoms with van der Waals surface area (Å²) in [4.78, 5) is 0. The van der Waals surface area contributed by atoms with Crippen LogP contribution >= 0.6 is 15.9 Å². The van der Waals surface area contributed by atoms with E-state index in [9.17, 15) is 0 Å². The summed E-state index contributed by atoms with van der Waals surface area (Å²) in [6.07, 6.45) is 4.24. The van der Waals surface area contributed by atoms with E-state index in [4.69, 9.17) is 4.74 Å². The molecule has 0 amide bonds. The van der Waals surface area contributed by atoms with Gasteiger partial charge in [-0.3, -0.25) is 4.68 Å². The number of ether oxygens (including phenoxy) is 1. The van der Waals surface area contributed by atoms with Crippen LogP contribution in [0, 0.1) is 0 Å². The van der Waals surface area contributed by atoms with Crippen LogP contribution < -0.4 is 4.74 Å². The Morgan fingerprint density at radius 1 is 1.26 bits per heavy atom. The van der Waals surface area contributed by atoms with E-state index in [1.54, 1.807) is 0 Å². The number of hydrogen-bond donors (Lipinski definition) is 0. The second-order valence-corrected chi connectivity index (χ2v) is 5.42. The van der Waals surface area contributed by atoms with E-state index in [0.717, 1.165) is 28.8 Å². The molecule has 4 heteroatoms. The molecule has 1 aromatic heterocycles. The molecule has 0 saturated carbocycles. The summed E-state index contributed by atoms with van der Waals surface area (Å²) in [6.45, 7) is 4.88. The monoisotopic (exact) mass is 322 g/mol. The molecule has 0 fully saturated rings. The van der Waals surface area contributed by atoms with Crippen LogP contribution in [0.5, 0.6) is 5.75 Å². The quantitative estimate of drug-likeness (QED) is 0.778. The number of rotatable bonds is 6. The van der Waals surface area contributed by atoms with Crippen molar-refractivity contribution in [1.29, 1.82) is 0 Å². The van der Waals surface area contributed by atoms with Crippen molar-refractivity contribution in [2.75, 3.05) is 0 Å². The van der Waals surface area contributed by atoms with Crippen molar-refractivity contribution in [2.45, 2.75) is 39.3 Å². The zero-order valence-electron chi connectivity index (χ0n) is 11.3. The number of halogens is 1. The third kappa shape index (κ3) is 3.83. The summed E-state index contributed by atoms with van der Waals surface area (Å²) in [7, 11) is 0. The van der Waals surface area contributed by atoms with Gasteiger partial charge in [0.1, 0.15) is 12.4 Å². The summed E-state index contributed by atoms with van der Waals surface area (Å²) in [5.41, 5.74) is 0.965. The molecule has 0 bridgehead atoms. The van der Waals surface area contributed by atoms with E-state index in [-0.39, 0.29) is 0 Å². The maximum atomic E-state index is 5.73. The number of nitrogens with zero attached hydrogens (tertiary/aromatic N) is 2. The van der Waals surface area contributed by atoms with Crippen molar-refractivity contribution in [1.82, 2.24) is 9.78 Å². The Hall–Kier alpha value is -1.29. The van der Waals surface area contributed by atoms with Crippen molar-refractivity contribution in [3.05, 3.63) is 46.7 Å². The Morgan fingerprint density at radius 3 is 2.74 bits per heavy atom. The SMILES string of the molecule is CCC(CC)n1ccc(COc2cccc(Br)c2)n1. The van der Waals surface area contributed by atoms with Crippen molar-refractivity contribution in [2.24, 2.45) is 0 Å². The molecule has 2 rings (SSSR count). The highest BCUT2D eigenvalue weighted by Crippen LogP contribution is 2.19. The first kappa shape index (κ1) is 14.1. The molecule has 0 unspecified atom stereocenters. The van der Waals surface area contributed by atoms with E-state index >= 15 is 0 Å². The predicted molar refractivity (Wildman–Crippen MR) is 80.3 cm³/mol. The average Bonchev–Trinajstić information content (AvgIpc) is 2.87. The summed E-state index contributed by atoms with van der Waals surface area (Å²) in [6, 6.07) is 10.4. The van der Waals surface area contributed by atoms with Gasteiger partial charge in [-0.25, -0.2) is 0 Å². The fourth-order valence-electron chi connectivity index (χ4n) is 2.03. The molecule has 0 aliphatic carbocycles. The first-order valence-corrected chi connectivity index (χ1v) is 7.44. The van der Waals surface area contributed by atoms with Crippen LogP contribution in [0.3, 0.4) is 0 Å². The third-order valence-electron chi connectivity index (χ3n) is 3.16. The topological polar surface area (TPSA) is 27.1 Å². The maximum Gasteiger partial charge on any atom is 0.132 e. The molecule has 0 radical (unpaired) electrons. The van der Waals surface area contributed by atoms with Gasteiger partial charge in [0.25, 0.3) is 0 Å². The van der Waals surface area contributed by atoms with Gasteiger partial charge in [-0.1, -0.05) is 35.8 Å². The highest BCUT2D eigenvalue weighted by molar-refractivity contribution is 9.10. The van der Waals surface area contributed by atoms with Crippen molar-refractivity contribution < 1.29 is 4.74 Å². The van der Waals surface area contributed by atoms with Crippen LogP contribution in [0.1, 0.15) is 38.4 Å². The molecule has 2 aromatic rings. The summed E-state index contributed by atoms with van der Waals surface area (Å²) in [5.74, 6) is 0.853.